The van der Waals surface area contributed by atoms with Crippen molar-refractivity contribution in [1.29, 1.82) is 0 Å². The van der Waals surface area contributed by atoms with Gasteiger partial charge in [0.05, 0.1) is 30.4 Å². The number of methoxy groups -OCH3 is 1. The number of fused-ring (bicyclic) bond motifs is 1. The molecule has 14 nitrogen and oxygen atoms in total. The van der Waals surface area contributed by atoms with E-state index in [0.29, 0.717) is 36.2 Å². The number of rotatable bonds is 7. The number of ether oxygens (including phenoxy) is 1. The first-order valence-electron chi connectivity index (χ1n) is 12.5. The molecule has 1 aliphatic rings. The van der Waals surface area contributed by atoms with Gasteiger partial charge in [-0.25, -0.2) is 19.6 Å². The van der Waals surface area contributed by atoms with Crippen LogP contribution in [0.15, 0.2) is 48.9 Å². The van der Waals surface area contributed by atoms with Gasteiger partial charge in [-0.05, 0) is 55.7 Å². The van der Waals surface area contributed by atoms with Gasteiger partial charge >= 0.3 is 27.0 Å². The Morgan fingerprint density at radius 2 is 1.73 bits per heavy atom. The van der Waals surface area contributed by atoms with Crippen LogP contribution >= 0.6 is 0 Å². The maximum Gasteiger partial charge on any atom is 0.416 e. The lowest BCUT2D eigenvalue weighted by atomic mass is 9.88. The van der Waals surface area contributed by atoms with Crippen LogP contribution in [0, 0.1) is 6.92 Å². The van der Waals surface area contributed by atoms with Crippen molar-refractivity contribution in [3.8, 4) is 11.6 Å². The van der Waals surface area contributed by atoms with Gasteiger partial charge < -0.3 is 9.30 Å². The van der Waals surface area contributed by atoms with Crippen LogP contribution < -0.4 is 4.74 Å². The molecule has 1 aromatic carbocycles. The van der Waals surface area contributed by atoms with Gasteiger partial charge in [0.15, 0.2) is 5.82 Å². The monoisotopic (exact) mass is 658 g/mol. The molecule has 0 spiro atoms. The highest BCUT2D eigenvalue weighted by atomic mass is 32.3. The maximum absolute atomic E-state index is 13.6. The molecular formula is C25H25F3N6O8S2. The Balaban J connectivity index is 0.000000429. The third-order valence-electron chi connectivity index (χ3n) is 6.15. The van der Waals surface area contributed by atoms with Gasteiger partial charge in [0.1, 0.15) is 11.5 Å². The third kappa shape index (κ3) is 8.47. The average Bonchev–Trinajstić information content (AvgIpc) is 3.55. The third-order valence-corrected chi connectivity index (χ3v) is 7.53. The minimum absolute atomic E-state index is 0.237. The zero-order chi connectivity index (χ0) is 32.3. The molecule has 1 unspecified atom stereocenters. The summed E-state index contributed by atoms with van der Waals surface area (Å²) in [5.74, 6) is 0.938. The topological polar surface area (TPSA) is 189 Å². The highest BCUT2D eigenvalue weighted by Crippen LogP contribution is 2.40. The number of aromatic nitrogens is 6. The lowest BCUT2D eigenvalue weighted by molar-refractivity contribution is -0.138. The number of nitrogens with zero attached hydrogens (tertiary/aromatic N) is 6. The average molecular weight is 659 g/mol. The molecule has 0 bridgehead atoms. The van der Waals surface area contributed by atoms with Crippen molar-refractivity contribution in [1.82, 2.24) is 29.3 Å². The summed E-state index contributed by atoms with van der Waals surface area (Å²) < 4.78 is 105. The second-order valence-corrected chi connectivity index (χ2v) is 11.5. The smallest absolute Gasteiger partial charge is 0.416 e. The van der Waals surface area contributed by atoms with Gasteiger partial charge in [-0.1, -0.05) is 18.2 Å². The van der Waals surface area contributed by atoms with Crippen molar-refractivity contribution < 1.29 is 47.5 Å². The van der Waals surface area contributed by atoms with E-state index in [1.165, 1.54) is 12.1 Å². The van der Waals surface area contributed by atoms with E-state index in [-0.39, 0.29) is 5.56 Å². The van der Waals surface area contributed by atoms with Crippen LogP contribution in [0.4, 0.5) is 13.2 Å². The van der Waals surface area contributed by atoms with Crippen molar-refractivity contribution in [2.24, 2.45) is 0 Å². The van der Waals surface area contributed by atoms with Crippen LogP contribution in [0.2, 0.25) is 0 Å². The fourth-order valence-corrected chi connectivity index (χ4v) is 5.37. The lowest BCUT2D eigenvalue weighted by Gasteiger charge is -2.25. The number of alkyl halides is 3. The van der Waals surface area contributed by atoms with Gasteiger partial charge in [0.25, 0.3) is 0 Å². The molecule has 1 aliphatic heterocycles. The lowest BCUT2D eigenvalue weighted by Crippen LogP contribution is -2.21. The van der Waals surface area contributed by atoms with Gasteiger partial charge in [-0.15, -0.1) is 3.63 Å². The molecule has 2 N–H and O–H groups in total. The first-order chi connectivity index (χ1) is 20.5. The van der Waals surface area contributed by atoms with E-state index in [2.05, 4.69) is 23.7 Å². The molecule has 0 aliphatic carbocycles. The number of imidazole rings is 1. The molecule has 4 heterocycles. The normalized spacial score (nSPS) is 15.5. The first-order valence-corrected chi connectivity index (χ1v) is 15.3. The molecule has 236 valence electrons. The van der Waals surface area contributed by atoms with Gasteiger partial charge in [0.2, 0.25) is 5.88 Å². The van der Waals surface area contributed by atoms with Crippen LogP contribution in [-0.4, -0.2) is 62.4 Å². The predicted octanol–water partition coefficient (Wildman–Crippen LogP) is 3.90. The molecule has 0 radical (unpaired) electrons. The van der Waals surface area contributed by atoms with Gasteiger partial charge in [-0.2, -0.15) is 35.1 Å². The molecule has 0 amide bonds. The van der Waals surface area contributed by atoms with Crippen LogP contribution in [0.1, 0.15) is 52.9 Å². The Bertz CT molecular complexity index is 1860. The van der Waals surface area contributed by atoms with Crippen LogP contribution in [0.25, 0.3) is 17.8 Å². The fourth-order valence-electron chi connectivity index (χ4n) is 4.50. The second-order valence-electron chi connectivity index (χ2n) is 9.27. The molecule has 44 heavy (non-hydrogen) atoms. The summed E-state index contributed by atoms with van der Waals surface area (Å²) in [6.07, 6.45) is 3.92. The van der Waals surface area contributed by atoms with E-state index < -0.39 is 38.5 Å². The molecule has 1 atom stereocenters. The van der Waals surface area contributed by atoms with Gasteiger partial charge in [0, 0.05) is 18.7 Å². The molecule has 19 heteroatoms. The minimum Gasteiger partial charge on any atom is -0.479 e. The maximum atomic E-state index is 13.6. The number of pyridine rings is 1. The van der Waals surface area contributed by atoms with Crippen molar-refractivity contribution >= 4 is 33.0 Å². The Morgan fingerprint density at radius 1 is 1.02 bits per heavy atom. The molecule has 5 rings (SSSR count). The van der Waals surface area contributed by atoms with Gasteiger partial charge in [-0.3, -0.25) is 9.11 Å². The number of hydrogen-bond donors (Lipinski definition) is 2. The largest absolute Gasteiger partial charge is 0.479 e. The SMILES string of the molecule is COc1nc(C=Cc2nc3n(n2)CCCC3c2ccccc2C(F)(F)F)ccc1-n1cnc(C)c1.O=S(=O)(O)OS(=O)(=O)O. The van der Waals surface area contributed by atoms with Crippen LogP contribution in [0.3, 0.4) is 0 Å². The summed E-state index contributed by atoms with van der Waals surface area (Å²) in [5.41, 5.74) is 1.88. The predicted molar refractivity (Wildman–Crippen MR) is 148 cm³/mol. The number of hydrogen-bond acceptors (Lipinski definition) is 10. The van der Waals surface area contributed by atoms with E-state index in [1.54, 1.807) is 36.3 Å². The zero-order valence-corrected chi connectivity index (χ0v) is 24.6. The highest BCUT2D eigenvalue weighted by Gasteiger charge is 2.37. The summed E-state index contributed by atoms with van der Waals surface area (Å²) in [7, 11) is -8.69. The summed E-state index contributed by atoms with van der Waals surface area (Å²) in [6.45, 7) is 2.52. The summed E-state index contributed by atoms with van der Waals surface area (Å²) in [5, 5.41) is 4.51. The van der Waals surface area contributed by atoms with Crippen molar-refractivity contribution in [2.75, 3.05) is 7.11 Å². The Kier molecular flexibility index (Phi) is 9.54. The summed E-state index contributed by atoms with van der Waals surface area (Å²) in [6, 6.07) is 9.42. The second kappa shape index (κ2) is 12.8. The van der Waals surface area contributed by atoms with Crippen molar-refractivity contribution in [2.45, 2.75) is 38.4 Å². The van der Waals surface area contributed by atoms with E-state index in [9.17, 15) is 30.0 Å². The van der Waals surface area contributed by atoms with Crippen molar-refractivity contribution in [3.63, 3.8) is 0 Å². The Labute approximate surface area is 249 Å². The quantitative estimate of drug-likeness (QED) is 0.273. The molecule has 4 aromatic rings. The standard InChI is InChI=1S/C25H23F3N6O.H2O7S2/c1-16-14-33(15-29-16)21-11-9-17(30-24(21)35-2)10-12-22-31-23-19(7-5-13-34(23)32-22)18-6-3-4-8-20(18)25(26,27)28;1-8(2,3)7-9(4,5)6/h3-4,6,8-12,14-15,19H,5,7,13H2,1-2H3;(H,1,2,3)(H,4,5,6). The Hall–Kier alpha value is -4.17. The number of halogens is 3. The first kappa shape index (κ1) is 32.7. The molecule has 0 saturated carbocycles. The van der Waals surface area contributed by atoms with Crippen LogP contribution in [0.5, 0.6) is 5.88 Å². The van der Waals surface area contributed by atoms with E-state index >= 15 is 0 Å². The number of benzene rings is 1. The highest BCUT2D eigenvalue weighted by molar-refractivity contribution is 7.94. The molecular weight excluding hydrogens is 633 g/mol. The molecule has 0 saturated heterocycles. The van der Waals surface area contributed by atoms with Crippen molar-refractivity contribution in [3.05, 3.63) is 83.1 Å². The fraction of sp³-hybridized carbons (Fsp3) is 0.280. The van der Waals surface area contributed by atoms with E-state index in [0.717, 1.165) is 23.9 Å². The number of aryl methyl sites for hydroxylation is 2. The molecule has 0 fully saturated rings. The Morgan fingerprint density at radius 3 is 2.32 bits per heavy atom. The van der Waals surface area contributed by atoms with E-state index in [4.69, 9.17) is 13.8 Å². The van der Waals surface area contributed by atoms with Crippen LogP contribution in [-0.2, 0) is 37.1 Å². The van der Waals surface area contributed by atoms with E-state index in [1.807, 2.05) is 29.8 Å². The summed E-state index contributed by atoms with van der Waals surface area (Å²) >= 11 is 0. The molecule has 3 aromatic heterocycles. The zero-order valence-electron chi connectivity index (χ0n) is 22.9. The minimum atomic E-state index is -5.12. The summed E-state index contributed by atoms with van der Waals surface area (Å²) in [4.78, 5) is 13.3.